The Balaban J connectivity index is 1.82. The van der Waals surface area contributed by atoms with E-state index in [0.29, 0.717) is 22.1 Å². The van der Waals surface area contributed by atoms with E-state index in [4.69, 9.17) is 32.9 Å². The van der Waals surface area contributed by atoms with Crippen molar-refractivity contribution in [3.63, 3.8) is 0 Å². The second-order valence-electron chi connectivity index (χ2n) is 6.83. The molecule has 0 aliphatic carbocycles. The van der Waals surface area contributed by atoms with Gasteiger partial charge in [0.15, 0.2) is 5.65 Å². The Morgan fingerprint density at radius 1 is 1.26 bits per heavy atom. The molecule has 1 saturated heterocycles. The SMILES string of the molecule is CCc1nn2c(O)cc(C3CCOCC3)nc2c1Cc1cccc(Cl)c1Cl. The molecular weight excluding hydrogens is 385 g/mol. The summed E-state index contributed by atoms with van der Waals surface area (Å²) in [5.41, 5.74) is 4.38. The van der Waals surface area contributed by atoms with E-state index < -0.39 is 0 Å². The first-order valence-electron chi connectivity index (χ1n) is 9.19. The van der Waals surface area contributed by atoms with Crippen LogP contribution >= 0.6 is 23.2 Å². The molecule has 0 bridgehead atoms. The molecule has 0 unspecified atom stereocenters. The average Bonchev–Trinajstić information content (AvgIpc) is 3.04. The van der Waals surface area contributed by atoms with Gasteiger partial charge in [-0.05, 0) is 30.9 Å². The summed E-state index contributed by atoms with van der Waals surface area (Å²) < 4.78 is 6.98. The summed E-state index contributed by atoms with van der Waals surface area (Å²) >= 11 is 12.6. The molecule has 1 fully saturated rings. The monoisotopic (exact) mass is 405 g/mol. The fourth-order valence-corrected chi connectivity index (χ4v) is 4.04. The highest BCUT2D eigenvalue weighted by Crippen LogP contribution is 2.32. The Hall–Kier alpha value is -1.82. The van der Waals surface area contributed by atoms with Crippen molar-refractivity contribution in [3.8, 4) is 5.88 Å². The van der Waals surface area contributed by atoms with Crippen molar-refractivity contribution in [3.05, 3.63) is 56.8 Å². The molecule has 1 aliphatic heterocycles. The van der Waals surface area contributed by atoms with Crippen molar-refractivity contribution in [2.45, 2.75) is 38.5 Å². The zero-order valence-corrected chi connectivity index (χ0v) is 16.6. The molecule has 5 nitrogen and oxygen atoms in total. The lowest BCUT2D eigenvalue weighted by atomic mass is 9.96. The van der Waals surface area contributed by atoms with Crippen molar-refractivity contribution >= 4 is 28.8 Å². The topological polar surface area (TPSA) is 59.7 Å². The minimum absolute atomic E-state index is 0.111. The number of halogens is 2. The first-order chi connectivity index (χ1) is 13.1. The third-order valence-corrected chi connectivity index (χ3v) is 6.00. The zero-order chi connectivity index (χ0) is 19.0. The summed E-state index contributed by atoms with van der Waals surface area (Å²) in [5.74, 6) is 0.400. The predicted molar refractivity (Wildman–Crippen MR) is 106 cm³/mol. The van der Waals surface area contributed by atoms with Gasteiger partial charge in [-0.1, -0.05) is 42.3 Å². The second kappa shape index (κ2) is 7.66. The van der Waals surface area contributed by atoms with Crippen LogP contribution in [-0.4, -0.2) is 32.9 Å². The minimum Gasteiger partial charge on any atom is -0.493 e. The van der Waals surface area contributed by atoms with Gasteiger partial charge in [0, 0.05) is 37.2 Å². The number of fused-ring (bicyclic) bond motifs is 1. The molecule has 3 aromatic rings. The summed E-state index contributed by atoms with van der Waals surface area (Å²) in [7, 11) is 0. The third-order valence-electron chi connectivity index (χ3n) is 5.14. The van der Waals surface area contributed by atoms with E-state index >= 15 is 0 Å². The maximum Gasteiger partial charge on any atom is 0.215 e. The highest BCUT2D eigenvalue weighted by molar-refractivity contribution is 6.42. The molecule has 1 aliphatic rings. The van der Waals surface area contributed by atoms with Crippen LogP contribution in [0.4, 0.5) is 0 Å². The Kier molecular flexibility index (Phi) is 5.26. The van der Waals surface area contributed by atoms with Gasteiger partial charge in [0.25, 0.3) is 0 Å². The highest BCUT2D eigenvalue weighted by Gasteiger charge is 2.22. The zero-order valence-electron chi connectivity index (χ0n) is 15.1. The Labute approximate surface area is 167 Å². The molecule has 0 radical (unpaired) electrons. The Bertz CT molecular complexity index is 981. The average molecular weight is 406 g/mol. The smallest absolute Gasteiger partial charge is 0.215 e. The molecule has 2 aromatic heterocycles. The van der Waals surface area contributed by atoms with Crippen molar-refractivity contribution in [2.24, 2.45) is 0 Å². The van der Waals surface area contributed by atoms with Gasteiger partial charge in [-0.25, -0.2) is 4.98 Å². The molecule has 0 spiro atoms. The quantitative estimate of drug-likeness (QED) is 0.677. The van der Waals surface area contributed by atoms with E-state index in [9.17, 15) is 5.11 Å². The van der Waals surface area contributed by atoms with Crippen LogP contribution in [-0.2, 0) is 17.6 Å². The summed E-state index contributed by atoms with van der Waals surface area (Å²) in [6.45, 7) is 3.49. The fraction of sp³-hybridized carbons (Fsp3) is 0.400. The lowest BCUT2D eigenvalue weighted by Crippen LogP contribution is -2.15. The summed E-state index contributed by atoms with van der Waals surface area (Å²) in [5, 5.41) is 16.2. The molecule has 0 amide bonds. The lowest BCUT2D eigenvalue weighted by molar-refractivity contribution is 0.0844. The number of hydrogen-bond acceptors (Lipinski definition) is 4. The number of benzene rings is 1. The number of ether oxygens (including phenoxy) is 1. The van der Waals surface area contributed by atoms with E-state index in [1.54, 1.807) is 12.1 Å². The Morgan fingerprint density at radius 3 is 2.78 bits per heavy atom. The maximum absolute atomic E-state index is 10.6. The first kappa shape index (κ1) is 18.5. The lowest BCUT2D eigenvalue weighted by Gasteiger charge is -2.21. The number of aromatic nitrogens is 3. The first-order valence-corrected chi connectivity index (χ1v) is 9.95. The van der Waals surface area contributed by atoms with Gasteiger partial charge in [0.2, 0.25) is 5.88 Å². The second-order valence-corrected chi connectivity index (χ2v) is 7.61. The molecule has 1 N–H and O–H groups in total. The highest BCUT2D eigenvalue weighted by atomic mass is 35.5. The van der Waals surface area contributed by atoms with Crippen LogP contribution in [0, 0.1) is 0 Å². The fourth-order valence-electron chi connectivity index (χ4n) is 3.65. The minimum atomic E-state index is 0.111. The molecule has 1 aromatic carbocycles. The van der Waals surface area contributed by atoms with Crippen LogP contribution in [0.1, 0.15) is 48.2 Å². The van der Waals surface area contributed by atoms with Gasteiger partial charge >= 0.3 is 0 Å². The summed E-state index contributed by atoms with van der Waals surface area (Å²) in [4.78, 5) is 4.89. The normalized spacial score (nSPS) is 15.5. The van der Waals surface area contributed by atoms with Crippen LogP contribution in [0.5, 0.6) is 5.88 Å². The van der Waals surface area contributed by atoms with Crippen LogP contribution in [0.25, 0.3) is 5.65 Å². The molecule has 0 atom stereocenters. The largest absolute Gasteiger partial charge is 0.493 e. The van der Waals surface area contributed by atoms with Gasteiger partial charge in [-0.2, -0.15) is 9.61 Å². The molecule has 27 heavy (non-hydrogen) atoms. The van der Waals surface area contributed by atoms with E-state index in [-0.39, 0.29) is 11.8 Å². The van der Waals surface area contributed by atoms with Gasteiger partial charge in [-0.3, -0.25) is 0 Å². The summed E-state index contributed by atoms with van der Waals surface area (Å²) in [6.07, 6.45) is 3.12. The number of hydrogen-bond donors (Lipinski definition) is 1. The van der Waals surface area contributed by atoms with Crippen LogP contribution in [0.2, 0.25) is 10.0 Å². The number of rotatable bonds is 4. The molecule has 142 valence electrons. The number of aryl methyl sites for hydroxylation is 1. The van der Waals surface area contributed by atoms with Gasteiger partial charge in [0.05, 0.1) is 21.4 Å². The van der Waals surface area contributed by atoms with Gasteiger partial charge in [-0.15, -0.1) is 0 Å². The Morgan fingerprint density at radius 2 is 2.04 bits per heavy atom. The van der Waals surface area contributed by atoms with Crippen molar-refractivity contribution in [1.82, 2.24) is 14.6 Å². The van der Waals surface area contributed by atoms with E-state index in [1.165, 1.54) is 4.52 Å². The van der Waals surface area contributed by atoms with Crippen LogP contribution in [0.15, 0.2) is 24.3 Å². The molecule has 7 heteroatoms. The van der Waals surface area contributed by atoms with Crippen LogP contribution < -0.4 is 0 Å². The number of aromatic hydroxyl groups is 1. The summed E-state index contributed by atoms with van der Waals surface area (Å²) in [6, 6.07) is 7.35. The van der Waals surface area contributed by atoms with Crippen molar-refractivity contribution in [2.75, 3.05) is 13.2 Å². The van der Waals surface area contributed by atoms with Crippen LogP contribution in [0.3, 0.4) is 0 Å². The van der Waals surface area contributed by atoms with Gasteiger partial charge in [0.1, 0.15) is 0 Å². The van der Waals surface area contributed by atoms with E-state index in [1.807, 2.05) is 19.1 Å². The number of nitrogens with zero attached hydrogens (tertiary/aromatic N) is 3. The molecular formula is C20H21Cl2N3O2. The standard InChI is InChI=1S/C20H21Cl2N3O2/c1-2-16-14(10-13-4-3-5-15(21)19(13)22)20-23-17(11-18(26)25(20)24-16)12-6-8-27-9-7-12/h3-5,11-12,26H,2,6-10H2,1H3. The maximum atomic E-state index is 10.6. The van der Waals surface area contributed by atoms with E-state index in [0.717, 1.165) is 55.0 Å². The molecule has 0 saturated carbocycles. The van der Waals surface area contributed by atoms with Gasteiger partial charge < -0.3 is 9.84 Å². The van der Waals surface area contributed by atoms with E-state index in [2.05, 4.69) is 5.10 Å². The third kappa shape index (κ3) is 3.51. The molecule has 3 heterocycles. The molecule has 4 rings (SSSR count). The predicted octanol–water partition coefficient (Wildman–Crippen LogP) is 4.79. The van der Waals surface area contributed by atoms with Crippen molar-refractivity contribution in [1.29, 1.82) is 0 Å². The van der Waals surface area contributed by atoms with Crippen molar-refractivity contribution < 1.29 is 9.84 Å².